The first kappa shape index (κ1) is 16.5. The predicted octanol–water partition coefficient (Wildman–Crippen LogP) is 3.06. The van der Waals surface area contributed by atoms with E-state index in [-0.39, 0.29) is 0 Å². The molecule has 0 aromatic rings. The lowest BCUT2D eigenvalue weighted by Gasteiger charge is -1.91. The van der Waals surface area contributed by atoms with Gasteiger partial charge in [0.05, 0.1) is 0 Å². The maximum atomic E-state index is 3.20. The average Bonchev–Trinajstić information content (AvgIpc) is 2.08. The number of nitrogens with one attached hydrogen (secondary N) is 1. The van der Waals surface area contributed by atoms with Crippen molar-refractivity contribution in [3.63, 3.8) is 0 Å². The van der Waals surface area contributed by atoms with Gasteiger partial charge >= 0.3 is 0 Å². The quantitative estimate of drug-likeness (QED) is 0.605. The van der Waals surface area contributed by atoms with Gasteiger partial charge in [-0.25, -0.2) is 0 Å². The Morgan fingerprint density at radius 3 is 1.40 bits per heavy atom. The summed E-state index contributed by atoms with van der Waals surface area (Å²) in [5, 5.41) is 3.20. The summed E-state index contributed by atoms with van der Waals surface area (Å²) in [6.07, 6.45) is 1.24. The molecule has 0 bridgehead atoms. The van der Waals surface area contributed by atoms with Gasteiger partial charge in [-0.15, -0.1) is 0 Å². The first-order valence-corrected chi connectivity index (χ1v) is 4.62. The molecule has 0 unspecified atom stereocenters. The van der Waals surface area contributed by atoms with E-state index in [1.165, 1.54) is 6.42 Å². The summed E-state index contributed by atoms with van der Waals surface area (Å²) in [6, 6.07) is 0. The van der Waals surface area contributed by atoms with Gasteiger partial charge in [-0.05, 0) is 19.5 Å². The van der Waals surface area contributed by atoms with Crippen molar-refractivity contribution < 1.29 is 0 Å². The Kier molecular flexibility index (Phi) is 59.8. The Hall–Kier alpha value is -0.0400. The van der Waals surface area contributed by atoms with E-state index in [2.05, 4.69) is 19.2 Å². The Bertz CT molecular complexity index is 16.7. The van der Waals surface area contributed by atoms with E-state index in [9.17, 15) is 0 Å². The van der Waals surface area contributed by atoms with Crippen molar-refractivity contribution in [3.8, 4) is 0 Å². The van der Waals surface area contributed by atoms with E-state index in [4.69, 9.17) is 0 Å². The van der Waals surface area contributed by atoms with Crippen LogP contribution in [0.1, 0.15) is 48.0 Å². The zero-order valence-electron chi connectivity index (χ0n) is 8.62. The molecule has 0 heterocycles. The molecule has 0 aliphatic heterocycles. The third kappa shape index (κ3) is 44.0. The largest absolute Gasteiger partial charge is 0.317 e. The summed E-state index contributed by atoms with van der Waals surface area (Å²) in [6.45, 7) is 14.6. The smallest absolute Gasteiger partial charge is 0.00517 e. The van der Waals surface area contributed by atoms with Gasteiger partial charge in [0.15, 0.2) is 0 Å². The molecule has 0 rings (SSSR count). The molecule has 0 radical (unpaired) electrons. The van der Waals surface area contributed by atoms with Crippen LogP contribution in [0, 0.1) is 0 Å². The van der Waals surface area contributed by atoms with Crippen LogP contribution in [-0.2, 0) is 0 Å². The minimum Gasteiger partial charge on any atom is -0.317 e. The summed E-state index contributed by atoms with van der Waals surface area (Å²) in [7, 11) is 0. The van der Waals surface area contributed by atoms with Crippen LogP contribution in [0.2, 0.25) is 0 Å². The van der Waals surface area contributed by atoms with E-state index in [1.54, 1.807) is 0 Å². The van der Waals surface area contributed by atoms with Gasteiger partial charge in [-0.3, -0.25) is 0 Å². The molecule has 0 spiro atoms. The molecule has 0 amide bonds. The molecule has 0 saturated heterocycles. The van der Waals surface area contributed by atoms with Gasteiger partial charge in [-0.1, -0.05) is 41.5 Å². The van der Waals surface area contributed by atoms with Crippen molar-refractivity contribution in [3.05, 3.63) is 0 Å². The number of rotatable bonds is 3. The lowest BCUT2D eigenvalue weighted by atomic mass is 10.5. The van der Waals surface area contributed by atoms with Crippen LogP contribution >= 0.6 is 0 Å². The Morgan fingerprint density at radius 1 is 0.900 bits per heavy atom. The van der Waals surface area contributed by atoms with Gasteiger partial charge in [0.1, 0.15) is 0 Å². The highest BCUT2D eigenvalue weighted by molar-refractivity contribution is 4.35. The second kappa shape index (κ2) is 36.2. The second-order valence-corrected chi connectivity index (χ2v) is 1.35. The van der Waals surface area contributed by atoms with Crippen molar-refractivity contribution in [1.82, 2.24) is 5.32 Å². The van der Waals surface area contributed by atoms with Crippen molar-refractivity contribution in [2.75, 3.05) is 13.1 Å². The van der Waals surface area contributed by atoms with Crippen LogP contribution in [-0.4, -0.2) is 13.1 Å². The van der Waals surface area contributed by atoms with Gasteiger partial charge in [-0.2, -0.15) is 0 Å². The van der Waals surface area contributed by atoms with Gasteiger partial charge in [0.25, 0.3) is 0 Å². The molecule has 0 saturated carbocycles. The second-order valence-electron chi connectivity index (χ2n) is 1.35. The van der Waals surface area contributed by atoms with Gasteiger partial charge < -0.3 is 5.32 Å². The molecule has 1 heteroatoms. The maximum Gasteiger partial charge on any atom is -0.00517 e. The average molecular weight is 147 g/mol. The minimum atomic E-state index is 1.10. The highest BCUT2D eigenvalue weighted by Crippen LogP contribution is 1.65. The van der Waals surface area contributed by atoms with E-state index in [1.807, 2.05) is 27.7 Å². The fourth-order valence-corrected chi connectivity index (χ4v) is 0.354. The molecule has 1 nitrogen and oxygen atoms in total. The molecule has 0 aliphatic rings. The first-order valence-electron chi connectivity index (χ1n) is 4.62. The lowest BCUT2D eigenvalue weighted by Crippen LogP contribution is -2.12. The maximum absolute atomic E-state index is 3.20. The van der Waals surface area contributed by atoms with E-state index in [0.717, 1.165) is 13.1 Å². The summed E-state index contributed by atoms with van der Waals surface area (Å²) in [4.78, 5) is 0. The summed E-state index contributed by atoms with van der Waals surface area (Å²) in [5.74, 6) is 0. The van der Waals surface area contributed by atoms with Crippen LogP contribution < -0.4 is 5.32 Å². The fraction of sp³-hybridized carbons (Fsp3) is 1.00. The number of hydrogen-bond donors (Lipinski definition) is 1. The third-order valence-corrected chi connectivity index (χ3v) is 0.677. The molecular formula is C9H25N. The van der Waals surface area contributed by atoms with E-state index in [0.29, 0.717) is 0 Å². The molecule has 10 heavy (non-hydrogen) atoms. The monoisotopic (exact) mass is 147 g/mol. The molecule has 66 valence electrons. The van der Waals surface area contributed by atoms with Crippen LogP contribution in [0.4, 0.5) is 0 Å². The van der Waals surface area contributed by atoms with Crippen LogP contribution in [0.3, 0.4) is 0 Å². The first-order chi connectivity index (χ1) is 4.91. The zero-order chi connectivity index (χ0) is 8.83. The van der Waals surface area contributed by atoms with E-state index < -0.39 is 0 Å². The molecule has 0 atom stereocenters. The Morgan fingerprint density at radius 2 is 1.30 bits per heavy atom. The SMILES string of the molecule is CC.CC.CCCNCC. The predicted molar refractivity (Wildman–Crippen MR) is 51.5 cm³/mol. The highest BCUT2D eigenvalue weighted by atomic mass is 14.8. The molecule has 0 fully saturated rings. The summed E-state index contributed by atoms with van der Waals surface area (Å²) in [5.41, 5.74) is 0. The summed E-state index contributed by atoms with van der Waals surface area (Å²) < 4.78 is 0. The molecule has 1 N–H and O–H groups in total. The Balaban J connectivity index is -0.000000105. The highest BCUT2D eigenvalue weighted by Gasteiger charge is 1.71. The minimum absolute atomic E-state index is 1.10. The summed E-state index contributed by atoms with van der Waals surface area (Å²) >= 11 is 0. The van der Waals surface area contributed by atoms with Crippen LogP contribution in [0.25, 0.3) is 0 Å². The van der Waals surface area contributed by atoms with Crippen molar-refractivity contribution in [2.24, 2.45) is 0 Å². The van der Waals surface area contributed by atoms with Crippen molar-refractivity contribution in [1.29, 1.82) is 0 Å². The van der Waals surface area contributed by atoms with Crippen LogP contribution in [0.15, 0.2) is 0 Å². The van der Waals surface area contributed by atoms with Crippen molar-refractivity contribution in [2.45, 2.75) is 48.0 Å². The zero-order valence-corrected chi connectivity index (χ0v) is 8.62. The van der Waals surface area contributed by atoms with Crippen molar-refractivity contribution >= 4 is 0 Å². The third-order valence-electron chi connectivity index (χ3n) is 0.677. The van der Waals surface area contributed by atoms with Crippen LogP contribution in [0.5, 0.6) is 0 Å². The molecular weight excluding hydrogens is 122 g/mol. The molecule has 0 aliphatic carbocycles. The van der Waals surface area contributed by atoms with Gasteiger partial charge in [0.2, 0.25) is 0 Å². The molecule has 0 aromatic heterocycles. The van der Waals surface area contributed by atoms with Gasteiger partial charge in [0, 0.05) is 0 Å². The molecule has 0 aromatic carbocycles. The standard InChI is InChI=1S/C5H13N.2C2H6/c1-3-5-6-4-2;2*1-2/h6H,3-5H2,1-2H3;2*1-2H3. The topological polar surface area (TPSA) is 12.0 Å². The Labute approximate surface area is 67.2 Å². The fourth-order valence-electron chi connectivity index (χ4n) is 0.354. The normalized spacial score (nSPS) is 6.60. The number of hydrogen-bond acceptors (Lipinski definition) is 1. The van der Waals surface area contributed by atoms with E-state index >= 15 is 0 Å². The lowest BCUT2D eigenvalue weighted by molar-refractivity contribution is 0.703.